The number of hydrogen-bond acceptors (Lipinski definition) is 6. The molecule has 0 radical (unpaired) electrons. The number of aryl methyl sites for hydroxylation is 2. The lowest BCUT2D eigenvalue weighted by Gasteiger charge is -2.35. The lowest BCUT2D eigenvalue weighted by Crippen LogP contribution is -2.39. The molecule has 2 fully saturated rings. The Hall–Kier alpha value is -2.97. The first-order valence-electron chi connectivity index (χ1n) is 11.7. The summed E-state index contributed by atoms with van der Waals surface area (Å²) in [5.74, 6) is 0.501. The Morgan fingerprint density at radius 3 is 2.53 bits per heavy atom. The number of carbonyl (C=O) groups excluding carboxylic acids is 2. The Kier molecular flexibility index (Phi) is 7.02. The van der Waals surface area contributed by atoms with Crippen LogP contribution in [0.4, 0.5) is 5.95 Å². The molecule has 0 bridgehead atoms. The van der Waals surface area contributed by atoms with Crippen molar-refractivity contribution in [2.75, 3.05) is 18.4 Å². The van der Waals surface area contributed by atoms with Gasteiger partial charge in [0.2, 0.25) is 11.9 Å². The van der Waals surface area contributed by atoms with Crippen LogP contribution >= 0.6 is 0 Å². The van der Waals surface area contributed by atoms with Crippen LogP contribution in [0.25, 0.3) is 0 Å². The van der Waals surface area contributed by atoms with Crippen molar-refractivity contribution in [1.29, 1.82) is 0 Å². The van der Waals surface area contributed by atoms with Crippen LogP contribution in [0.3, 0.4) is 0 Å². The van der Waals surface area contributed by atoms with Gasteiger partial charge in [-0.3, -0.25) is 14.7 Å². The molecular formula is C23H33N7O2. The monoisotopic (exact) mass is 439 g/mol. The van der Waals surface area contributed by atoms with E-state index in [-0.39, 0.29) is 23.9 Å². The summed E-state index contributed by atoms with van der Waals surface area (Å²) in [6.45, 7) is 5.04. The lowest BCUT2D eigenvalue weighted by molar-refractivity contribution is -0.134. The summed E-state index contributed by atoms with van der Waals surface area (Å²) in [5, 5.41) is 13.5. The van der Waals surface area contributed by atoms with Crippen molar-refractivity contribution in [2.24, 2.45) is 0 Å². The molecular weight excluding hydrogens is 406 g/mol. The first-order valence-corrected chi connectivity index (χ1v) is 11.7. The van der Waals surface area contributed by atoms with Crippen LogP contribution < -0.4 is 10.6 Å². The summed E-state index contributed by atoms with van der Waals surface area (Å²) in [7, 11) is 0. The Morgan fingerprint density at radius 2 is 1.78 bits per heavy atom. The average Bonchev–Trinajstić information content (AvgIpc) is 3.45. The molecule has 9 heteroatoms. The molecule has 2 aliphatic rings. The van der Waals surface area contributed by atoms with Crippen LogP contribution in [-0.2, 0) is 4.79 Å². The largest absolute Gasteiger partial charge is 0.354 e. The Bertz CT molecular complexity index is 931. The molecule has 172 valence electrons. The number of nitrogens with zero attached hydrogens (tertiary/aromatic N) is 4. The fourth-order valence-corrected chi connectivity index (χ4v) is 4.74. The molecule has 1 atom stereocenters. The predicted octanol–water partition coefficient (Wildman–Crippen LogP) is 3.04. The van der Waals surface area contributed by atoms with Crippen LogP contribution in [0.1, 0.15) is 85.0 Å². The molecule has 0 aromatic carbocycles. The molecule has 1 aliphatic carbocycles. The van der Waals surface area contributed by atoms with Gasteiger partial charge in [-0.2, -0.15) is 5.10 Å². The van der Waals surface area contributed by atoms with E-state index in [1.54, 1.807) is 0 Å². The van der Waals surface area contributed by atoms with Crippen LogP contribution in [0.2, 0.25) is 0 Å². The number of H-pyrrole nitrogens is 1. The second-order valence-electron chi connectivity index (χ2n) is 8.91. The molecule has 0 unspecified atom stereocenters. The number of rotatable bonds is 7. The van der Waals surface area contributed by atoms with Gasteiger partial charge >= 0.3 is 0 Å². The predicted molar refractivity (Wildman–Crippen MR) is 121 cm³/mol. The number of aromatic amines is 1. The van der Waals surface area contributed by atoms with Crippen molar-refractivity contribution in [3.63, 3.8) is 0 Å². The van der Waals surface area contributed by atoms with E-state index in [0.717, 1.165) is 49.2 Å². The maximum Gasteiger partial charge on any atom is 0.271 e. The number of amides is 2. The minimum absolute atomic E-state index is 0.0748. The van der Waals surface area contributed by atoms with E-state index in [9.17, 15) is 9.59 Å². The molecule has 2 aromatic heterocycles. The molecule has 1 aliphatic heterocycles. The number of aromatic nitrogens is 4. The summed E-state index contributed by atoms with van der Waals surface area (Å²) in [6.07, 6.45) is 7.66. The van der Waals surface area contributed by atoms with Gasteiger partial charge in [-0.25, -0.2) is 9.97 Å². The van der Waals surface area contributed by atoms with Crippen molar-refractivity contribution in [2.45, 2.75) is 77.3 Å². The zero-order chi connectivity index (χ0) is 22.5. The molecule has 32 heavy (non-hydrogen) atoms. The van der Waals surface area contributed by atoms with E-state index < -0.39 is 0 Å². The zero-order valence-electron chi connectivity index (χ0n) is 19.0. The van der Waals surface area contributed by atoms with Gasteiger partial charge < -0.3 is 15.5 Å². The third-order valence-electron chi connectivity index (χ3n) is 6.31. The van der Waals surface area contributed by atoms with Crippen LogP contribution in [-0.4, -0.2) is 56.0 Å². The minimum Gasteiger partial charge on any atom is -0.354 e. The summed E-state index contributed by atoms with van der Waals surface area (Å²) >= 11 is 0. The molecule has 3 N–H and O–H groups in total. The average molecular weight is 440 g/mol. The number of anilines is 1. The van der Waals surface area contributed by atoms with Gasteiger partial charge in [0.25, 0.3) is 5.91 Å². The van der Waals surface area contributed by atoms with E-state index in [0.29, 0.717) is 31.2 Å². The highest BCUT2D eigenvalue weighted by Crippen LogP contribution is 2.30. The fraction of sp³-hybridized carbons (Fsp3) is 0.609. The van der Waals surface area contributed by atoms with Gasteiger partial charge in [0.1, 0.15) is 5.69 Å². The van der Waals surface area contributed by atoms with E-state index in [1.165, 1.54) is 12.8 Å². The highest BCUT2D eigenvalue weighted by molar-refractivity contribution is 5.92. The minimum atomic E-state index is -0.134. The van der Waals surface area contributed by atoms with Crippen molar-refractivity contribution in [3.8, 4) is 0 Å². The summed E-state index contributed by atoms with van der Waals surface area (Å²) < 4.78 is 0. The highest BCUT2D eigenvalue weighted by Gasteiger charge is 2.30. The third-order valence-corrected chi connectivity index (χ3v) is 6.31. The smallest absolute Gasteiger partial charge is 0.271 e. The van der Waals surface area contributed by atoms with Crippen LogP contribution in [0, 0.1) is 13.8 Å². The molecule has 1 saturated carbocycles. The number of carbonyl (C=O) groups is 2. The highest BCUT2D eigenvalue weighted by atomic mass is 16.2. The van der Waals surface area contributed by atoms with E-state index in [1.807, 2.05) is 30.9 Å². The first kappa shape index (κ1) is 22.2. The van der Waals surface area contributed by atoms with Crippen molar-refractivity contribution < 1.29 is 9.59 Å². The van der Waals surface area contributed by atoms with Gasteiger partial charge in [0.05, 0.1) is 11.7 Å². The van der Waals surface area contributed by atoms with Gasteiger partial charge in [-0.15, -0.1) is 0 Å². The molecule has 1 saturated heterocycles. The number of likely N-dealkylation sites (tertiary alicyclic amines) is 1. The number of hydrogen-bond donors (Lipinski definition) is 3. The maximum absolute atomic E-state index is 13.0. The third kappa shape index (κ3) is 5.44. The zero-order valence-corrected chi connectivity index (χ0v) is 19.0. The van der Waals surface area contributed by atoms with Gasteiger partial charge in [-0.1, -0.05) is 12.8 Å². The normalized spacial score (nSPS) is 19.2. The van der Waals surface area contributed by atoms with Gasteiger partial charge in [0.15, 0.2) is 0 Å². The molecule has 3 heterocycles. The Labute approximate surface area is 188 Å². The van der Waals surface area contributed by atoms with Crippen molar-refractivity contribution >= 4 is 17.8 Å². The SMILES string of the molecule is Cc1cc(C)nc(NCCC(=O)N2CCCC[C@@H]2c2cc(C(=O)NC3CCCC3)n[nH]2)n1. The van der Waals surface area contributed by atoms with Gasteiger partial charge in [-0.05, 0) is 58.1 Å². The standard InChI is InChI=1S/C23H33N7O2/c1-15-13-16(2)26-23(25-15)24-11-10-21(31)30-12-6-5-9-20(30)18-14-19(29-28-18)22(32)27-17-7-3-4-8-17/h13-14,17,20H,3-12H2,1-2H3,(H,27,32)(H,28,29)(H,24,25,26)/t20-/m1/s1. The molecule has 0 spiro atoms. The van der Waals surface area contributed by atoms with Crippen LogP contribution in [0.15, 0.2) is 12.1 Å². The summed E-state index contributed by atoms with van der Waals surface area (Å²) in [6, 6.07) is 3.90. The lowest BCUT2D eigenvalue weighted by atomic mass is 9.98. The quantitative estimate of drug-likeness (QED) is 0.611. The number of nitrogens with one attached hydrogen (secondary N) is 3. The molecule has 9 nitrogen and oxygen atoms in total. The van der Waals surface area contributed by atoms with Crippen molar-refractivity contribution in [1.82, 2.24) is 30.4 Å². The van der Waals surface area contributed by atoms with Crippen molar-refractivity contribution in [3.05, 3.63) is 34.9 Å². The van der Waals surface area contributed by atoms with E-state index in [4.69, 9.17) is 0 Å². The summed E-state index contributed by atoms with van der Waals surface area (Å²) in [5.41, 5.74) is 3.03. The first-order chi connectivity index (χ1) is 15.5. The van der Waals surface area contributed by atoms with E-state index >= 15 is 0 Å². The second kappa shape index (κ2) is 10.1. The Balaban J connectivity index is 1.35. The van der Waals surface area contributed by atoms with Crippen LogP contribution in [0.5, 0.6) is 0 Å². The maximum atomic E-state index is 13.0. The molecule has 2 aromatic rings. The summed E-state index contributed by atoms with van der Waals surface area (Å²) in [4.78, 5) is 36.2. The number of piperidine rings is 1. The van der Waals surface area contributed by atoms with Gasteiger partial charge in [0, 0.05) is 36.9 Å². The van der Waals surface area contributed by atoms with E-state index in [2.05, 4.69) is 30.8 Å². The second-order valence-corrected chi connectivity index (χ2v) is 8.91. The molecule has 4 rings (SSSR count). The molecule has 2 amide bonds. The topological polar surface area (TPSA) is 116 Å². The Morgan fingerprint density at radius 1 is 1.06 bits per heavy atom. The fourth-order valence-electron chi connectivity index (χ4n) is 4.74.